The summed E-state index contributed by atoms with van der Waals surface area (Å²) in [7, 11) is 2.09. The number of carbonyl (C=O) groups excluding carboxylic acids is 1. The van der Waals surface area contributed by atoms with Crippen molar-refractivity contribution >= 4 is 22.2 Å². The Morgan fingerprint density at radius 2 is 2.29 bits per heavy atom. The van der Waals surface area contributed by atoms with Gasteiger partial charge in [0.05, 0.1) is 17.4 Å². The first-order valence-electron chi connectivity index (χ1n) is 8.08. The van der Waals surface area contributed by atoms with E-state index in [2.05, 4.69) is 27.3 Å². The van der Waals surface area contributed by atoms with Gasteiger partial charge in [-0.15, -0.1) is 11.3 Å². The Balaban J connectivity index is 1.49. The summed E-state index contributed by atoms with van der Waals surface area (Å²) >= 11 is 1.58. The van der Waals surface area contributed by atoms with Crippen LogP contribution in [-0.2, 0) is 13.1 Å². The monoisotopic (exact) mass is 344 g/mol. The maximum absolute atomic E-state index is 12.5. The van der Waals surface area contributed by atoms with E-state index in [-0.39, 0.29) is 11.9 Å². The van der Waals surface area contributed by atoms with Gasteiger partial charge in [0.25, 0.3) is 5.91 Å². The minimum atomic E-state index is -0.159. The number of hydrogen-bond donors (Lipinski definition) is 1. The van der Waals surface area contributed by atoms with Gasteiger partial charge in [-0.3, -0.25) is 13.9 Å². The summed E-state index contributed by atoms with van der Waals surface area (Å²) in [5, 5.41) is 9.47. The highest BCUT2D eigenvalue weighted by Crippen LogP contribution is 2.18. The highest BCUT2D eigenvalue weighted by molar-refractivity contribution is 7.15. The topological polar surface area (TPSA) is 67.5 Å². The molecule has 1 aliphatic heterocycles. The van der Waals surface area contributed by atoms with E-state index in [1.807, 2.05) is 39.8 Å². The number of nitrogens with one attached hydrogen (secondary N) is 1. The van der Waals surface area contributed by atoms with Crippen LogP contribution in [0, 0.1) is 0 Å². The highest BCUT2D eigenvalue weighted by Gasteiger charge is 2.20. The fourth-order valence-corrected chi connectivity index (χ4v) is 3.74. The molecule has 0 aromatic carbocycles. The molecule has 4 heterocycles. The molecule has 0 aliphatic carbocycles. The number of aromatic nitrogens is 4. The van der Waals surface area contributed by atoms with Crippen LogP contribution in [0.25, 0.3) is 4.96 Å². The first-order valence-corrected chi connectivity index (χ1v) is 8.96. The standard InChI is InChI=1S/C16H20N6OS/c1-11(14-10-21-6-7-24-16(21)18-14)17-15(23)13-8-12-9-20(2)4-3-5-22(12)19-13/h6-8,10-11H,3-5,9H2,1-2H3,(H,17,23)/t11-/m1/s1. The number of hydrogen-bond acceptors (Lipinski definition) is 5. The van der Waals surface area contributed by atoms with Crippen molar-refractivity contribution in [1.82, 2.24) is 29.4 Å². The maximum atomic E-state index is 12.5. The Kier molecular flexibility index (Phi) is 3.85. The largest absolute Gasteiger partial charge is 0.342 e. The predicted molar refractivity (Wildman–Crippen MR) is 92.1 cm³/mol. The van der Waals surface area contributed by atoms with Crippen molar-refractivity contribution in [2.45, 2.75) is 32.5 Å². The zero-order chi connectivity index (χ0) is 16.7. The molecule has 126 valence electrons. The lowest BCUT2D eigenvalue weighted by atomic mass is 10.2. The number of fused-ring (bicyclic) bond motifs is 2. The first-order chi connectivity index (χ1) is 11.6. The molecule has 24 heavy (non-hydrogen) atoms. The summed E-state index contributed by atoms with van der Waals surface area (Å²) in [5.41, 5.74) is 2.43. The SMILES string of the molecule is C[C@@H](NC(=O)c1cc2n(n1)CCCN(C)C2)c1cn2ccsc2n1. The average Bonchev–Trinajstić information content (AvgIpc) is 3.20. The van der Waals surface area contributed by atoms with Crippen molar-refractivity contribution in [3.8, 4) is 0 Å². The molecule has 0 fully saturated rings. The molecule has 7 nitrogen and oxygen atoms in total. The van der Waals surface area contributed by atoms with Crippen LogP contribution in [-0.4, -0.2) is 43.6 Å². The molecule has 1 aliphatic rings. The van der Waals surface area contributed by atoms with E-state index >= 15 is 0 Å². The second-order valence-corrected chi connectivity index (χ2v) is 7.16. The van der Waals surface area contributed by atoms with E-state index in [4.69, 9.17) is 0 Å². The van der Waals surface area contributed by atoms with Crippen molar-refractivity contribution in [3.63, 3.8) is 0 Å². The molecule has 0 spiro atoms. The highest BCUT2D eigenvalue weighted by atomic mass is 32.1. The second kappa shape index (κ2) is 6.03. The molecular formula is C16H20N6OS. The molecule has 3 aromatic heterocycles. The third-order valence-corrected chi connectivity index (χ3v) is 5.11. The Morgan fingerprint density at radius 3 is 3.12 bits per heavy atom. The van der Waals surface area contributed by atoms with E-state index < -0.39 is 0 Å². The average molecular weight is 344 g/mol. The number of imidazole rings is 1. The van der Waals surface area contributed by atoms with Crippen LogP contribution in [0.1, 0.15) is 41.3 Å². The van der Waals surface area contributed by atoms with E-state index in [1.54, 1.807) is 11.3 Å². The summed E-state index contributed by atoms with van der Waals surface area (Å²) in [5.74, 6) is -0.151. The van der Waals surface area contributed by atoms with Crippen LogP contribution in [0.5, 0.6) is 0 Å². The normalized spacial score (nSPS) is 16.8. The van der Waals surface area contributed by atoms with Crippen LogP contribution in [0.3, 0.4) is 0 Å². The van der Waals surface area contributed by atoms with Gasteiger partial charge in [-0.2, -0.15) is 5.10 Å². The maximum Gasteiger partial charge on any atom is 0.272 e. The number of amides is 1. The summed E-state index contributed by atoms with van der Waals surface area (Å²) in [6.07, 6.45) is 4.97. The summed E-state index contributed by atoms with van der Waals surface area (Å²) < 4.78 is 3.92. The molecule has 8 heteroatoms. The van der Waals surface area contributed by atoms with Gasteiger partial charge in [-0.05, 0) is 26.5 Å². The van der Waals surface area contributed by atoms with Gasteiger partial charge in [0.15, 0.2) is 10.7 Å². The fraction of sp³-hybridized carbons (Fsp3) is 0.438. The van der Waals surface area contributed by atoms with Gasteiger partial charge in [0, 0.05) is 37.4 Å². The van der Waals surface area contributed by atoms with Gasteiger partial charge < -0.3 is 10.2 Å². The van der Waals surface area contributed by atoms with Gasteiger partial charge in [0.1, 0.15) is 0 Å². The van der Waals surface area contributed by atoms with Gasteiger partial charge >= 0.3 is 0 Å². The molecule has 0 saturated carbocycles. The molecule has 0 unspecified atom stereocenters. The van der Waals surface area contributed by atoms with Crippen LogP contribution in [0.2, 0.25) is 0 Å². The van der Waals surface area contributed by atoms with Gasteiger partial charge in [-0.25, -0.2) is 4.98 Å². The van der Waals surface area contributed by atoms with Crippen molar-refractivity contribution in [3.05, 3.63) is 40.9 Å². The summed E-state index contributed by atoms with van der Waals surface area (Å²) in [6.45, 7) is 4.69. The second-order valence-electron chi connectivity index (χ2n) is 6.29. The predicted octanol–water partition coefficient (Wildman–Crippen LogP) is 1.92. The molecule has 0 bridgehead atoms. The quantitative estimate of drug-likeness (QED) is 0.788. The third-order valence-electron chi connectivity index (χ3n) is 4.34. The third kappa shape index (κ3) is 2.83. The molecule has 0 saturated heterocycles. The lowest BCUT2D eigenvalue weighted by Gasteiger charge is -2.11. The molecule has 0 radical (unpaired) electrons. The van der Waals surface area contributed by atoms with Crippen molar-refractivity contribution in [2.24, 2.45) is 0 Å². The van der Waals surface area contributed by atoms with Crippen LogP contribution in [0.15, 0.2) is 23.8 Å². The molecule has 1 N–H and O–H groups in total. The number of carbonyl (C=O) groups is 1. The molecular weight excluding hydrogens is 324 g/mol. The Labute approximate surface area is 143 Å². The molecule has 3 aromatic rings. The number of rotatable bonds is 3. The van der Waals surface area contributed by atoms with E-state index in [1.165, 1.54) is 0 Å². The number of nitrogens with zero attached hydrogens (tertiary/aromatic N) is 5. The van der Waals surface area contributed by atoms with Crippen LogP contribution >= 0.6 is 11.3 Å². The zero-order valence-corrected chi connectivity index (χ0v) is 14.6. The van der Waals surface area contributed by atoms with Crippen molar-refractivity contribution in [2.75, 3.05) is 13.6 Å². The Morgan fingerprint density at radius 1 is 1.42 bits per heavy atom. The molecule has 1 atom stereocenters. The van der Waals surface area contributed by atoms with E-state index in [0.717, 1.165) is 42.4 Å². The van der Waals surface area contributed by atoms with Crippen LogP contribution in [0.4, 0.5) is 0 Å². The lowest BCUT2D eigenvalue weighted by Crippen LogP contribution is -2.27. The van der Waals surface area contributed by atoms with Crippen molar-refractivity contribution < 1.29 is 4.79 Å². The number of thiazole rings is 1. The Bertz CT molecular complexity index is 850. The van der Waals surface area contributed by atoms with Crippen LogP contribution < -0.4 is 5.32 Å². The Hall–Kier alpha value is -2.19. The van der Waals surface area contributed by atoms with Gasteiger partial charge in [0.2, 0.25) is 0 Å². The minimum Gasteiger partial charge on any atom is -0.342 e. The smallest absolute Gasteiger partial charge is 0.272 e. The van der Waals surface area contributed by atoms with E-state index in [0.29, 0.717) is 5.69 Å². The number of aryl methyl sites for hydroxylation is 1. The lowest BCUT2D eigenvalue weighted by molar-refractivity contribution is 0.0933. The molecule has 1 amide bonds. The van der Waals surface area contributed by atoms with Gasteiger partial charge in [-0.1, -0.05) is 0 Å². The minimum absolute atomic E-state index is 0.151. The first kappa shape index (κ1) is 15.3. The van der Waals surface area contributed by atoms with Crippen molar-refractivity contribution in [1.29, 1.82) is 0 Å². The molecule has 4 rings (SSSR count). The summed E-state index contributed by atoms with van der Waals surface area (Å²) in [6, 6.07) is 1.74. The van der Waals surface area contributed by atoms with E-state index in [9.17, 15) is 4.79 Å². The summed E-state index contributed by atoms with van der Waals surface area (Å²) in [4.78, 5) is 20.3. The zero-order valence-electron chi connectivity index (χ0n) is 13.8. The fourth-order valence-electron chi connectivity index (χ4n) is 3.03.